The maximum absolute atomic E-state index is 9.04. The molecule has 2 heteroatoms. The SMILES string of the molecule is OCC(C1CC1)C1CNC1. The molecule has 0 aromatic heterocycles. The van der Waals surface area contributed by atoms with E-state index in [1.165, 1.54) is 12.8 Å². The largest absolute Gasteiger partial charge is 0.396 e. The maximum Gasteiger partial charge on any atom is 0.0465 e. The van der Waals surface area contributed by atoms with E-state index in [0.29, 0.717) is 12.5 Å². The van der Waals surface area contributed by atoms with Gasteiger partial charge in [-0.05, 0) is 43.7 Å². The Bertz CT molecular complexity index is 118. The summed E-state index contributed by atoms with van der Waals surface area (Å²) in [6.07, 6.45) is 2.73. The highest BCUT2D eigenvalue weighted by Gasteiger charge is 2.38. The highest BCUT2D eigenvalue weighted by Crippen LogP contribution is 2.41. The lowest BCUT2D eigenvalue weighted by Gasteiger charge is -2.33. The minimum Gasteiger partial charge on any atom is -0.396 e. The Balaban J connectivity index is 1.84. The third kappa shape index (κ3) is 1.06. The zero-order chi connectivity index (χ0) is 6.97. The van der Waals surface area contributed by atoms with Crippen LogP contribution in [0.3, 0.4) is 0 Å². The Hall–Kier alpha value is -0.0800. The summed E-state index contributed by atoms with van der Waals surface area (Å²) in [6, 6.07) is 0. The van der Waals surface area contributed by atoms with E-state index in [1.54, 1.807) is 0 Å². The summed E-state index contributed by atoms with van der Waals surface area (Å²) in [7, 11) is 0. The van der Waals surface area contributed by atoms with E-state index in [4.69, 9.17) is 5.11 Å². The van der Waals surface area contributed by atoms with Crippen molar-refractivity contribution in [2.24, 2.45) is 17.8 Å². The molecule has 10 heavy (non-hydrogen) atoms. The van der Waals surface area contributed by atoms with Gasteiger partial charge in [0.2, 0.25) is 0 Å². The summed E-state index contributed by atoms with van der Waals surface area (Å²) < 4.78 is 0. The van der Waals surface area contributed by atoms with Crippen molar-refractivity contribution < 1.29 is 5.11 Å². The fourth-order valence-electron chi connectivity index (χ4n) is 1.82. The number of aliphatic hydroxyl groups excluding tert-OH is 1. The van der Waals surface area contributed by atoms with Crippen molar-refractivity contribution >= 4 is 0 Å². The molecular formula is C8H15NO. The zero-order valence-electron chi connectivity index (χ0n) is 6.21. The van der Waals surface area contributed by atoms with E-state index in [0.717, 1.165) is 24.9 Å². The molecule has 1 saturated heterocycles. The van der Waals surface area contributed by atoms with Gasteiger partial charge in [0.05, 0.1) is 0 Å². The summed E-state index contributed by atoms with van der Waals surface area (Å²) >= 11 is 0. The fourth-order valence-corrected chi connectivity index (χ4v) is 1.82. The molecule has 1 atom stereocenters. The molecule has 2 N–H and O–H groups in total. The molecule has 1 saturated carbocycles. The monoisotopic (exact) mass is 141 g/mol. The van der Waals surface area contributed by atoms with E-state index in [-0.39, 0.29) is 0 Å². The molecule has 1 heterocycles. The summed E-state index contributed by atoms with van der Waals surface area (Å²) in [6.45, 7) is 2.69. The van der Waals surface area contributed by atoms with Crippen LogP contribution in [0.25, 0.3) is 0 Å². The second kappa shape index (κ2) is 2.51. The molecule has 0 bridgehead atoms. The Kier molecular flexibility index (Phi) is 1.66. The second-order valence-corrected chi connectivity index (χ2v) is 3.60. The number of hydrogen-bond acceptors (Lipinski definition) is 2. The first kappa shape index (κ1) is 6.62. The molecule has 2 nitrogen and oxygen atoms in total. The van der Waals surface area contributed by atoms with E-state index in [2.05, 4.69) is 5.32 Å². The summed E-state index contributed by atoms with van der Waals surface area (Å²) in [5, 5.41) is 12.3. The standard InChI is InChI=1S/C8H15NO/c10-5-8(6-1-2-6)7-3-9-4-7/h6-10H,1-5H2. The smallest absolute Gasteiger partial charge is 0.0465 e. The van der Waals surface area contributed by atoms with Gasteiger partial charge in [-0.15, -0.1) is 0 Å². The molecule has 0 radical (unpaired) electrons. The number of aliphatic hydroxyl groups is 1. The molecule has 58 valence electrons. The average molecular weight is 141 g/mol. The van der Waals surface area contributed by atoms with Crippen LogP contribution in [0.2, 0.25) is 0 Å². The van der Waals surface area contributed by atoms with Crippen LogP contribution in [0.4, 0.5) is 0 Å². The third-order valence-corrected chi connectivity index (χ3v) is 2.86. The van der Waals surface area contributed by atoms with Crippen molar-refractivity contribution in [1.82, 2.24) is 5.32 Å². The Labute approximate surface area is 61.6 Å². The lowest BCUT2D eigenvalue weighted by Crippen LogP contribution is -2.47. The van der Waals surface area contributed by atoms with Crippen LogP contribution in [-0.2, 0) is 0 Å². The Morgan fingerprint density at radius 2 is 2.00 bits per heavy atom. The molecule has 0 spiro atoms. The van der Waals surface area contributed by atoms with Gasteiger partial charge < -0.3 is 10.4 Å². The van der Waals surface area contributed by atoms with E-state index < -0.39 is 0 Å². The second-order valence-electron chi connectivity index (χ2n) is 3.60. The van der Waals surface area contributed by atoms with Crippen LogP contribution < -0.4 is 5.32 Å². The van der Waals surface area contributed by atoms with Gasteiger partial charge in [-0.1, -0.05) is 0 Å². The molecule has 0 amide bonds. The van der Waals surface area contributed by atoms with Gasteiger partial charge in [0.15, 0.2) is 0 Å². The number of rotatable bonds is 3. The lowest BCUT2D eigenvalue weighted by atomic mass is 9.84. The van der Waals surface area contributed by atoms with Crippen LogP contribution in [0.15, 0.2) is 0 Å². The number of nitrogens with one attached hydrogen (secondary N) is 1. The molecule has 2 aliphatic rings. The molecule has 0 aromatic rings. The zero-order valence-corrected chi connectivity index (χ0v) is 6.21. The first-order chi connectivity index (χ1) is 4.92. The van der Waals surface area contributed by atoms with Gasteiger partial charge in [0.1, 0.15) is 0 Å². The van der Waals surface area contributed by atoms with Gasteiger partial charge >= 0.3 is 0 Å². The molecule has 2 fully saturated rings. The summed E-state index contributed by atoms with van der Waals surface area (Å²) in [4.78, 5) is 0. The summed E-state index contributed by atoms with van der Waals surface area (Å²) in [5.74, 6) is 2.29. The van der Waals surface area contributed by atoms with Gasteiger partial charge in [-0.3, -0.25) is 0 Å². The topological polar surface area (TPSA) is 32.3 Å². The molecule has 1 aliphatic heterocycles. The van der Waals surface area contributed by atoms with Gasteiger partial charge in [-0.25, -0.2) is 0 Å². The van der Waals surface area contributed by atoms with E-state index in [9.17, 15) is 0 Å². The van der Waals surface area contributed by atoms with Crippen molar-refractivity contribution in [3.8, 4) is 0 Å². The van der Waals surface area contributed by atoms with E-state index >= 15 is 0 Å². The Morgan fingerprint density at radius 3 is 2.30 bits per heavy atom. The van der Waals surface area contributed by atoms with E-state index in [1.807, 2.05) is 0 Å². The van der Waals surface area contributed by atoms with Crippen LogP contribution in [0.5, 0.6) is 0 Å². The summed E-state index contributed by atoms with van der Waals surface area (Å²) in [5.41, 5.74) is 0. The van der Waals surface area contributed by atoms with Crippen molar-refractivity contribution in [1.29, 1.82) is 0 Å². The van der Waals surface area contributed by atoms with Crippen LogP contribution in [-0.4, -0.2) is 24.8 Å². The quantitative estimate of drug-likeness (QED) is 0.589. The highest BCUT2D eigenvalue weighted by atomic mass is 16.3. The van der Waals surface area contributed by atoms with Gasteiger partial charge in [-0.2, -0.15) is 0 Å². The molecular weight excluding hydrogens is 126 g/mol. The highest BCUT2D eigenvalue weighted by molar-refractivity contribution is 4.90. The third-order valence-electron chi connectivity index (χ3n) is 2.86. The molecule has 1 aliphatic carbocycles. The predicted octanol–water partition coefficient (Wildman–Crippen LogP) is 0.224. The van der Waals surface area contributed by atoms with Crippen molar-refractivity contribution in [3.05, 3.63) is 0 Å². The molecule has 0 aromatic carbocycles. The molecule has 2 rings (SSSR count). The maximum atomic E-state index is 9.04. The van der Waals surface area contributed by atoms with Gasteiger partial charge in [0.25, 0.3) is 0 Å². The predicted molar refractivity (Wildman–Crippen MR) is 39.7 cm³/mol. The fraction of sp³-hybridized carbons (Fsp3) is 1.00. The first-order valence-electron chi connectivity index (χ1n) is 4.23. The van der Waals surface area contributed by atoms with Crippen molar-refractivity contribution in [2.75, 3.05) is 19.7 Å². The minimum atomic E-state index is 0.414. The van der Waals surface area contributed by atoms with Gasteiger partial charge in [0, 0.05) is 6.61 Å². The Morgan fingerprint density at radius 1 is 1.30 bits per heavy atom. The lowest BCUT2D eigenvalue weighted by molar-refractivity contribution is 0.122. The first-order valence-corrected chi connectivity index (χ1v) is 4.23. The van der Waals surface area contributed by atoms with Crippen molar-refractivity contribution in [2.45, 2.75) is 12.8 Å². The van der Waals surface area contributed by atoms with Crippen LogP contribution in [0.1, 0.15) is 12.8 Å². The van der Waals surface area contributed by atoms with Crippen molar-refractivity contribution in [3.63, 3.8) is 0 Å². The number of hydrogen-bond donors (Lipinski definition) is 2. The minimum absolute atomic E-state index is 0.414. The molecule has 1 unspecified atom stereocenters. The van der Waals surface area contributed by atoms with Crippen LogP contribution in [0, 0.1) is 17.8 Å². The normalized spacial score (nSPS) is 29.7. The average Bonchev–Trinajstić information content (AvgIpc) is 2.58. The van der Waals surface area contributed by atoms with Crippen LogP contribution >= 0.6 is 0 Å².